The lowest BCUT2D eigenvalue weighted by atomic mass is 10.3. The average molecular weight is 269 g/mol. The van der Waals surface area contributed by atoms with Crippen molar-refractivity contribution in [3.8, 4) is 0 Å². The van der Waals surface area contributed by atoms with E-state index in [2.05, 4.69) is 10.2 Å². The van der Waals surface area contributed by atoms with Crippen LogP contribution in [0.15, 0.2) is 16.5 Å². The lowest BCUT2D eigenvalue weighted by molar-refractivity contribution is -0.402. The molecule has 1 aliphatic heterocycles. The molecule has 2 heterocycles. The number of nitro groups is 1. The summed E-state index contributed by atoms with van der Waals surface area (Å²) in [6, 6.07) is 3.01. The average Bonchev–Trinajstić information content (AvgIpc) is 2.89. The lowest BCUT2D eigenvalue weighted by Gasteiger charge is -2.26. The maximum absolute atomic E-state index is 10.4. The number of ether oxygens (including phenoxy) is 1. The first-order valence-electron chi connectivity index (χ1n) is 6.49. The fourth-order valence-corrected chi connectivity index (χ4v) is 2.02. The van der Waals surface area contributed by atoms with E-state index in [1.54, 1.807) is 6.07 Å². The van der Waals surface area contributed by atoms with Gasteiger partial charge in [0.05, 0.1) is 25.8 Å². The van der Waals surface area contributed by atoms with Crippen molar-refractivity contribution in [1.82, 2.24) is 10.2 Å². The van der Waals surface area contributed by atoms with E-state index in [9.17, 15) is 10.1 Å². The first-order valence-corrected chi connectivity index (χ1v) is 6.49. The summed E-state index contributed by atoms with van der Waals surface area (Å²) < 4.78 is 10.3. The van der Waals surface area contributed by atoms with Crippen LogP contribution < -0.4 is 5.32 Å². The largest absolute Gasteiger partial charge is 0.433 e. The number of furan rings is 1. The molecule has 0 aromatic carbocycles. The molecule has 1 aromatic heterocycles. The minimum absolute atomic E-state index is 0.204. The van der Waals surface area contributed by atoms with E-state index in [4.69, 9.17) is 9.15 Å². The van der Waals surface area contributed by atoms with Gasteiger partial charge in [0.1, 0.15) is 10.7 Å². The first-order chi connectivity index (χ1) is 9.25. The van der Waals surface area contributed by atoms with Gasteiger partial charge in [0.25, 0.3) is 0 Å². The molecule has 1 aromatic rings. The van der Waals surface area contributed by atoms with Crippen molar-refractivity contribution in [2.45, 2.75) is 13.0 Å². The van der Waals surface area contributed by atoms with Crippen molar-refractivity contribution < 1.29 is 14.1 Å². The highest BCUT2D eigenvalue weighted by atomic mass is 16.6. The molecule has 0 saturated carbocycles. The van der Waals surface area contributed by atoms with Gasteiger partial charge in [-0.05, 0) is 25.6 Å². The summed E-state index contributed by atoms with van der Waals surface area (Å²) in [6.45, 7) is 6.10. The van der Waals surface area contributed by atoms with E-state index in [0.29, 0.717) is 12.3 Å². The van der Waals surface area contributed by atoms with Gasteiger partial charge in [0.15, 0.2) is 0 Å². The fraction of sp³-hybridized carbons (Fsp3) is 0.667. The van der Waals surface area contributed by atoms with E-state index < -0.39 is 4.92 Å². The van der Waals surface area contributed by atoms with Crippen molar-refractivity contribution in [1.29, 1.82) is 0 Å². The maximum atomic E-state index is 10.4. The Morgan fingerprint density at radius 3 is 2.84 bits per heavy atom. The Balaban J connectivity index is 1.57. The van der Waals surface area contributed by atoms with Crippen LogP contribution >= 0.6 is 0 Å². The number of hydrogen-bond donors (Lipinski definition) is 1. The Morgan fingerprint density at radius 2 is 2.16 bits per heavy atom. The Labute approximate surface area is 111 Å². The molecular formula is C12H19N3O4. The molecule has 1 saturated heterocycles. The first kappa shape index (κ1) is 14.0. The molecule has 2 rings (SSSR count). The molecule has 1 fully saturated rings. The summed E-state index contributed by atoms with van der Waals surface area (Å²) in [5.74, 6) is 0.392. The smallest absolute Gasteiger partial charge is 0.404 e. The summed E-state index contributed by atoms with van der Waals surface area (Å²) in [5, 5.41) is 13.7. The summed E-state index contributed by atoms with van der Waals surface area (Å²) in [7, 11) is 0. The molecule has 0 spiro atoms. The molecule has 106 valence electrons. The van der Waals surface area contributed by atoms with Gasteiger partial charge in [0.2, 0.25) is 0 Å². The molecule has 7 nitrogen and oxygen atoms in total. The van der Waals surface area contributed by atoms with Gasteiger partial charge in [-0.1, -0.05) is 0 Å². The summed E-state index contributed by atoms with van der Waals surface area (Å²) >= 11 is 0. The number of hydrogen-bond acceptors (Lipinski definition) is 6. The van der Waals surface area contributed by atoms with E-state index in [-0.39, 0.29) is 5.88 Å². The van der Waals surface area contributed by atoms with Crippen LogP contribution in [0.2, 0.25) is 0 Å². The maximum Gasteiger partial charge on any atom is 0.433 e. The van der Waals surface area contributed by atoms with Gasteiger partial charge in [-0.25, -0.2) is 0 Å². The van der Waals surface area contributed by atoms with Gasteiger partial charge in [-0.2, -0.15) is 0 Å². The molecule has 0 atom stereocenters. The van der Waals surface area contributed by atoms with Crippen LogP contribution in [0.3, 0.4) is 0 Å². The number of rotatable bonds is 7. The van der Waals surface area contributed by atoms with Crippen LogP contribution in [0.1, 0.15) is 12.2 Å². The summed E-state index contributed by atoms with van der Waals surface area (Å²) in [5.41, 5.74) is 0. The van der Waals surface area contributed by atoms with Gasteiger partial charge >= 0.3 is 5.88 Å². The normalized spacial score (nSPS) is 16.6. The van der Waals surface area contributed by atoms with Crippen LogP contribution in [0.5, 0.6) is 0 Å². The Bertz CT molecular complexity index is 401. The third-order valence-electron chi connectivity index (χ3n) is 3.06. The molecule has 0 radical (unpaired) electrons. The van der Waals surface area contributed by atoms with Gasteiger partial charge in [-0.15, -0.1) is 0 Å². The predicted octanol–water partition coefficient (Wildman–Crippen LogP) is 1.000. The highest BCUT2D eigenvalue weighted by molar-refractivity contribution is 5.17. The summed E-state index contributed by atoms with van der Waals surface area (Å²) in [4.78, 5) is 12.3. The van der Waals surface area contributed by atoms with Crippen molar-refractivity contribution in [2.24, 2.45) is 0 Å². The number of nitrogens with zero attached hydrogens (tertiary/aromatic N) is 2. The molecule has 0 unspecified atom stereocenters. The lowest BCUT2D eigenvalue weighted by Crippen LogP contribution is -2.37. The van der Waals surface area contributed by atoms with Crippen LogP contribution in [0.4, 0.5) is 5.88 Å². The zero-order valence-electron chi connectivity index (χ0n) is 10.8. The Kier molecular flexibility index (Phi) is 5.31. The van der Waals surface area contributed by atoms with E-state index in [1.807, 2.05) is 0 Å². The molecule has 1 N–H and O–H groups in total. The standard InChI is InChI=1S/C12H19N3O4/c16-15(17)12-3-2-11(19-12)10-13-4-1-5-14-6-8-18-9-7-14/h2-3,13H,1,4-10H2. The number of nitrogens with one attached hydrogen (secondary N) is 1. The van der Waals surface area contributed by atoms with Gasteiger partial charge in [0, 0.05) is 13.1 Å². The predicted molar refractivity (Wildman–Crippen MR) is 68.9 cm³/mol. The van der Waals surface area contributed by atoms with Crippen LogP contribution in [0, 0.1) is 10.1 Å². The highest BCUT2D eigenvalue weighted by Crippen LogP contribution is 2.15. The Morgan fingerprint density at radius 1 is 1.37 bits per heavy atom. The SMILES string of the molecule is O=[N+]([O-])c1ccc(CNCCCN2CCOCC2)o1. The number of morpholine rings is 1. The van der Waals surface area contributed by atoms with Crippen LogP contribution in [-0.2, 0) is 11.3 Å². The van der Waals surface area contributed by atoms with Crippen LogP contribution in [-0.4, -0.2) is 49.2 Å². The van der Waals surface area contributed by atoms with Crippen molar-refractivity contribution in [2.75, 3.05) is 39.4 Å². The minimum Gasteiger partial charge on any atom is -0.404 e. The summed E-state index contributed by atoms with van der Waals surface area (Å²) in [6.07, 6.45) is 1.04. The second-order valence-electron chi connectivity index (χ2n) is 4.48. The van der Waals surface area contributed by atoms with Gasteiger partial charge in [-0.3, -0.25) is 15.0 Å². The molecule has 7 heteroatoms. The van der Waals surface area contributed by atoms with E-state index in [1.165, 1.54) is 6.07 Å². The van der Waals surface area contributed by atoms with Crippen molar-refractivity contribution in [3.05, 3.63) is 28.0 Å². The van der Waals surface area contributed by atoms with Crippen molar-refractivity contribution in [3.63, 3.8) is 0 Å². The van der Waals surface area contributed by atoms with Gasteiger partial charge < -0.3 is 14.5 Å². The zero-order valence-corrected chi connectivity index (χ0v) is 10.8. The molecule has 0 aliphatic carbocycles. The molecule has 0 bridgehead atoms. The Hall–Kier alpha value is -1.44. The molecular weight excluding hydrogens is 250 g/mol. The topological polar surface area (TPSA) is 80.8 Å². The monoisotopic (exact) mass is 269 g/mol. The van der Waals surface area contributed by atoms with Crippen molar-refractivity contribution >= 4 is 5.88 Å². The second kappa shape index (κ2) is 7.22. The molecule has 19 heavy (non-hydrogen) atoms. The van der Waals surface area contributed by atoms with E-state index >= 15 is 0 Å². The zero-order chi connectivity index (χ0) is 13.5. The quantitative estimate of drug-likeness (QED) is 0.452. The third-order valence-corrected chi connectivity index (χ3v) is 3.06. The molecule has 1 aliphatic rings. The third kappa shape index (κ3) is 4.62. The van der Waals surface area contributed by atoms with Crippen LogP contribution in [0.25, 0.3) is 0 Å². The fourth-order valence-electron chi connectivity index (χ4n) is 2.02. The minimum atomic E-state index is -0.526. The second-order valence-corrected chi connectivity index (χ2v) is 4.48. The highest BCUT2D eigenvalue weighted by Gasteiger charge is 2.11. The van der Waals surface area contributed by atoms with E-state index in [0.717, 1.165) is 45.8 Å². The molecule has 0 amide bonds.